The molecule has 3 rings (SSSR count). The molecule has 6 nitrogen and oxygen atoms in total. The molecule has 31 heavy (non-hydrogen) atoms. The van der Waals surface area contributed by atoms with Gasteiger partial charge in [-0.05, 0) is 67.8 Å². The third-order valence-corrected chi connectivity index (χ3v) is 4.77. The number of carbonyl (C=O) groups is 1. The van der Waals surface area contributed by atoms with Crippen LogP contribution in [0, 0.1) is 6.92 Å². The molecule has 1 amide bonds. The number of methoxy groups -OCH3 is 1. The van der Waals surface area contributed by atoms with E-state index in [-0.39, 0.29) is 5.91 Å². The molecule has 0 aliphatic carbocycles. The van der Waals surface area contributed by atoms with Crippen LogP contribution in [0.2, 0.25) is 0 Å². The van der Waals surface area contributed by atoms with Crippen molar-refractivity contribution >= 4 is 5.91 Å². The molecule has 3 aromatic rings. The van der Waals surface area contributed by atoms with Gasteiger partial charge in [-0.1, -0.05) is 17.7 Å². The minimum atomic E-state index is -0.159. The normalized spacial score (nSPS) is 10.4. The van der Waals surface area contributed by atoms with Crippen LogP contribution in [0.15, 0.2) is 60.9 Å². The van der Waals surface area contributed by atoms with E-state index in [0.717, 1.165) is 22.4 Å². The quantitative estimate of drug-likeness (QED) is 0.528. The fourth-order valence-corrected chi connectivity index (χ4v) is 3.19. The fraction of sp³-hybridized carbons (Fsp3) is 0.280. The van der Waals surface area contributed by atoms with Gasteiger partial charge in [-0.2, -0.15) is 0 Å². The predicted octanol–water partition coefficient (Wildman–Crippen LogP) is 4.35. The number of rotatable bonds is 10. The zero-order valence-electron chi connectivity index (χ0n) is 18.2. The van der Waals surface area contributed by atoms with Crippen LogP contribution in [-0.2, 0) is 13.0 Å². The van der Waals surface area contributed by atoms with Gasteiger partial charge in [0.2, 0.25) is 0 Å². The van der Waals surface area contributed by atoms with Gasteiger partial charge < -0.3 is 19.5 Å². The molecule has 2 aromatic carbocycles. The van der Waals surface area contributed by atoms with Crippen molar-refractivity contribution in [1.29, 1.82) is 0 Å². The van der Waals surface area contributed by atoms with E-state index in [4.69, 9.17) is 14.2 Å². The molecule has 0 saturated heterocycles. The van der Waals surface area contributed by atoms with Gasteiger partial charge in [0.25, 0.3) is 5.91 Å². The van der Waals surface area contributed by atoms with Gasteiger partial charge in [0, 0.05) is 24.5 Å². The standard InChI is InChI=1S/C25H28N2O4/c1-4-30-24-16-21(6-8-23(24)31-17-19-9-12-26-13-10-19)25(28)27-14-11-20-15-18(2)5-7-22(20)29-3/h5-10,12-13,15-16H,4,11,14,17H2,1-3H3,(H,27,28). The lowest BCUT2D eigenvalue weighted by atomic mass is 10.1. The van der Waals surface area contributed by atoms with Crippen LogP contribution in [-0.4, -0.2) is 31.2 Å². The van der Waals surface area contributed by atoms with Gasteiger partial charge in [0.1, 0.15) is 12.4 Å². The average molecular weight is 421 g/mol. The van der Waals surface area contributed by atoms with E-state index in [1.54, 1.807) is 37.7 Å². The second-order valence-electron chi connectivity index (χ2n) is 7.06. The molecule has 0 spiro atoms. The van der Waals surface area contributed by atoms with Crippen LogP contribution in [0.1, 0.15) is 34.0 Å². The lowest BCUT2D eigenvalue weighted by Crippen LogP contribution is -2.25. The largest absolute Gasteiger partial charge is 0.496 e. The smallest absolute Gasteiger partial charge is 0.251 e. The summed E-state index contributed by atoms with van der Waals surface area (Å²) in [5.41, 5.74) is 3.75. The first kappa shape index (κ1) is 22.2. The van der Waals surface area contributed by atoms with Crippen LogP contribution in [0.25, 0.3) is 0 Å². The Balaban J connectivity index is 1.63. The Morgan fingerprint density at radius 2 is 1.74 bits per heavy atom. The summed E-state index contributed by atoms with van der Waals surface area (Å²) in [7, 11) is 1.65. The molecule has 1 heterocycles. The fourth-order valence-electron chi connectivity index (χ4n) is 3.19. The molecule has 0 radical (unpaired) electrons. The molecule has 0 atom stereocenters. The summed E-state index contributed by atoms with van der Waals surface area (Å²) >= 11 is 0. The van der Waals surface area contributed by atoms with Crippen molar-refractivity contribution in [1.82, 2.24) is 10.3 Å². The summed E-state index contributed by atoms with van der Waals surface area (Å²) in [5.74, 6) is 1.81. The maximum atomic E-state index is 12.7. The number of aryl methyl sites for hydroxylation is 1. The van der Waals surface area contributed by atoms with E-state index in [0.29, 0.717) is 43.2 Å². The number of ether oxygens (including phenoxy) is 3. The highest BCUT2D eigenvalue weighted by atomic mass is 16.5. The summed E-state index contributed by atoms with van der Waals surface area (Å²) in [6, 6.07) is 15.1. The van der Waals surface area contributed by atoms with Crippen molar-refractivity contribution in [3.8, 4) is 17.2 Å². The molecule has 0 bridgehead atoms. The minimum absolute atomic E-state index is 0.159. The highest BCUT2D eigenvalue weighted by Gasteiger charge is 2.12. The van der Waals surface area contributed by atoms with Gasteiger partial charge in [-0.25, -0.2) is 0 Å². The minimum Gasteiger partial charge on any atom is -0.496 e. The van der Waals surface area contributed by atoms with E-state index >= 15 is 0 Å². The van der Waals surface area contributed by atoms with E-state index < -0.39 is 0 Å². The molecule has 0 aliphatic heterocycles. The summed E-state index contributed by atoms with van der Waals surface area (Å²) in [5, 5.41) is 2.97. The Morgan fingerprint density at radius 1 is 0.968 bits per heavy atom. The number of aromatic nitrogens is 1. The SMILES string of the molecule is CCOc1cc(C(=O)NCCc2cc(C)ccc2OC)ccc1OCc1ccncc1. The van der Waals surface area contributed by atoms with Crippen LogP contribution < -0.4 is 19.5 Å². The lowest BCUT2D eigenvalue weighted by molar-refractivity contribution is 0.0953. The average Bonchev–Trinajstić information content (AvgIpc) is 2.79. The van der Waals surface area contributed by atoms with Crippen molar-refractivity contribution in [2.75, 3.05) is 20.3 Å². The van der Waals surface area contributed by atoms with E-state index in [2.05, 4.69) is 16.4 Å². The maximum Gasteiger partial charge on any atom is 0.251 e. The Kier molecular flexibility index (Phi) is 7.87. The number of carbonyl (C=O) groups excluding carboxylic acids is 1. The predicted molar refractivity (Wildman–Crippen MR) is 120 cm³/mol. The number of hydrogen-bond donors (Lipinski definition) is 1. The van der Waals surface area contributed by atoms with Crippen LogP contribution in [0.4, 0.5) is 0 Å². The van der Waals surface area contributed by atoms with Crippen molar-refractivity contribution in [2.24, 2.45) is 0 Å². The molecular formula is C25H28N2O4. The second-order valence-corrected chi connectivity index (χ2v) is 7.06. The summed E-state index contributed by atoms with van der Waals surface area (Å²) in [4.78, 5) is 16.7. The Morgan fingerprint density at radius 3 is 2.48 bits per heavy atom. The number of hydrogen-bond acceptors (Lipinski definition) is 5. The van der Waals surface area contributed by atoms with Crippen molar-refractivity contribution < 1.29 is 19.0 Å². The summed E-state index contributed by atoms with van der Waals surface area (Å²) < 4.78 is 17.0. The Bertz CT molecular complexity index is 1010. The first-order valence-electron chi connectivity index (χ1n) is 10.3. The zero-order valence-corrected chi connectivity index (χ0v) is 18.2. The summed E-state index contributed by atoms with van der Waals surface area (Å²) in [6.45, 7) is 5.31. The van der Waals surface area contributed by atoms with Crippen LogP contribution in [0.5, 0.6) is 17.2 Å². The second kappa shape index (κ2) is 11.0. The zero-order chi connectivity index (χ0) is 22.1. The third-order valence-electron chi connectivity index (χ3n) is 4.77. The van der Waals surface area contributed by atoms with E-state index in [9.17, 15) is 4.79 Å². The molecule has 6 heteroatoms. The first-order chi connectivity index (χ1) is 15.1. The molecule has 0 unspecified atom stereocenters. The molecule has 162 valence electrons. The highest BCUT2D eigenvalue weighted by molar-refractivity contribution is 5.94. The molecule has 0 aliphatic rings. The van der Waals surface area contributed by atoms with Crippen LogP contribution in [0.3, 0.4) is 0 Å². The number of nitrogens with one attached hydrogen (secondary N) is 1. The molecule has 1 aromatic heterocycles. The van der Waals surface area contributed by atoms with Gasteiger partial charge in [-0.15, -0.1) is 0 Å². The lowest BCUT2D eigenvalue weighted by Gasteiger charge is -2.14. The van der Waals surface area contributed by atoms with E-state index in [1.165, 1.54) is 0 Å². The van der Waals surface area contributed by atoms with Crippen molar-refractivity contribution in [2.45, 2.75) is 26.9 Å². The monoisotopic (exact) mass is 420 g/mol. The Hall–Kier alpha value is -3.54. The number of amides is 1. The number of nitrogens with zero attached hydrogens (tertiary/aromatic N) is 1. The molecule has 0 fully saturated rings. The van der Waals surface area contributed by atoms with Gasteiger partial charge >= 0.3 is 0 Å². The van der Waals surface area contributed by atoms with Gasteiger partial charge in [0.05, 0.1) is 13.7 Å². The highest BCUT2D eigenvalue weighted by Crippen LogP contribution is 2.29. The molecular weight excluding hydrogens is 392 g/mol. The Labute approximate surface area is 183 Å². The van der Waals surface area contributed by atoms with Crippen molar-refractivity contribution in [3.05, 3.63) is 83.2 Å². The van der Waals surface area contributed by atoms with Gasteiger partial charge in [-0.3, -0.25) is 9.78 Å². The molecule has 0 saturated carbocycles. The topological polar surface area (TPSA) is 69.7 Å². The number of benzene rings is 2. The van der Waals surface area contributed by atoms with E-state index in [1.807, 2.05) is 38.1 Å². The number of pyridine rings is 1. The van der Waals surface area contributed by atoms with Gasteiger partial charge in [0.15, 0.2) is 11.5 Å². The summed E-state index contributed by atoms with van der Waals surface area (Å²) in [6.07, 6.45) is 4.13. The maximum absolute atomic E-state index is 12.7. The first-order valence-corrected chi connectivity index (χ1v) is 10.3. The third kappa shape index (κ3) is 6.22. The van der Waals surface area contributed by atoms with Crippen molar-refractivity contribution in [3.63, 3.8) is 0 Å². The van der Waals surface area contributed by atoms with Crippen LogP contribution >= 0.6 is 0 Å². The molecule has 1 N–H and O–H groups in total.